The van der Waals surface area contributed by atoms with Gasteiger partial charge in [-0.1, -0.05) is 0 Å². The fourth-order valence-corrected chi connectivity index (χ4v) is 1.35. The van der Waals surface area contributed by atoms with Crippen molar-refractivity contribution in [2.24, 2.45) is 0 Å². The van der Waals surface area contributed by atoms with Crippen LogP contribution in [0.5, 0.6) is 0 Å². The van der Waals surface area contributed by atoms with Gasteiger partial charge in [0, 0.05) is 0 Å². The fourth-order valence-electron chi connectivity index (χ4n) is 1.35. The number of rotatable bonds is 1. The predicted molar refractivity (Wildman–Crippen MR) is 38.7 cm³/mol. The fraction of sp³-hybridized carbons (Fsp3) is 0.571. The number of nitrogens with two attached hydrogens (primary N) is 1. The minimum absolute atomic E-state index is 0.243. The van der Waals surface area contributed by atoms with E-state index >= 15 is 0 Å². The van der Waals surface area contributed by atoms with Crippen molar-refractivity contribution in [1.29, 1.82) is 0 Å². The molecule has 0 saturated heterocycles. The number of oxazole rings is 1. The van der Waals surface area contributed by atoms with E-state index in [4.69, 9.17) is 10.2 Å². The molecule has 0 atom stereocenters. The first-order chi connectivity index (χ1) is 5.22. The van der Waals surface area contributed by atoms with E-state index in [0.717, 1.165) is 19.3 Å². The first-order valence-electron chi connectivity index (χ1n) is 3.64. The average molecular weight is 154 g/mol. The highest BCUT2D eigenvalue weighted by atomic mass is 16.4. The number of nitrogens with zero attached hydrogens (tertiary/aromatic N) is 1. The molecule has 0 radical (unpaired) electrons. The Morgan fingerprint density at radius 2 is 2.36 bits per heavy atom. The van der Waals surface area contributed by atoms with Crippen molar-refractivity contribution in [3.8, 4) is 0 Å². The van der Waals surface area contributed by atoms with Crippen molar-refractivity contribution in [2.75, 3.05) is 5.73 Å². The Labute approximate surface area is 64.0 Å². The van der Waals surface area contributed by atoms with Gasteiger partial charge in [-0.25, -0.2) is 4.98 Å². The van der Waals surface area contributed by atoms with E-state index in [-0.39, 0.29) is 5.88 Å². The zero-order chi connectivity index (χ0) is 7.90. The number of anilines is 1. The van der Waals surface area contributed by atoms with Crippen molar-refractivity contribution in [2.45, 2.75) is 24.9 Å². The van der Waals surface area contributed by atoms with Gasteiger partial charge in [0.1, 0.15) is 11.3 Å². The molecule has 60 valence electrons. The summed E-state index contributed by atoms with van der Waals surface area (Å²) in [7, 11) is 0. The summed E-state index contributed by atoms with van der Waals surface area (Å²) in [5, 5.41) is 9.75. The van der Waals surface area contributed by atoms with Gasteiger partial charge in [-0.3, -0.25) is 0 Å². The zero-order valence-electron chi connectivity index (χ0n) is 6.08. The summed E-state index contributed by atoms with van der Waals surface area (Å²) in [5.41, 5.74) is 5.16. The topological polar surface area (TPSA) is 72.3 Å². The lowest BCUT2D eigenvalue weighted by atomic mass is 9.78. The lowest BCUT2D eigenvalue weighted by molar-refractivity contribution is -0.0418. The molecule has 4 heteroatoms. The van der Waals surface area contributed by atoms with E-state index in [9.17, 15) is 5.11 Å². The van der Waals surface area contributed by atoms with Crippen LogP contribution in [0, 0.1) is 0 Å². The van der Waals surface area contributed by atoms with Gasteiger partial charge < -0.3 is 15.3 Å². The highest BCUT2D eigenvalue weighted by Crippen LogP contribution is 2.42. The Morgan fingerprint density at radius 1 is 1.64 bits per heavy atom. The van der Waals surface area contributed by atoms with Crippen molar-refractivity contribution in [1.82, 2.24) is 4.98 Å². The van der Waals surface area contributed by atoms with Crippen LogP contribution in [0.1, 0.15) is 25.0 Å². The Hall–Kier alpha value is -1.03. The van der Waals surface area contributed by atoms with Crippen molar-refractivity contribution >= 4 is 5.88 Å². The molecule has 1 aromatic heterocycles. The van der Waals surface area contributed by atoms with E-state index in [0.29, 0.717) is 5.69 Å². The lowest BCUT2D eigenvalue weighted by Gasteiger charge is -2.34. The minimum Gasteiger partial charge on any atom is -0.428 e. The van der Waals surface area contributed by atoms with Crippen LogP contribution in [-0.2, 0) is 5.60 Å². The molecule has 11 heavy (non-hydrogen) atoms. The van der Waals surface area contributed by atoms with Gasteiger partial charge in [0.2, 0.25) is 5.88 Å². The summed E-state index contributed by atoms with van der Waals surface area (Å²) in [6, 6.07) is 0. The van der Waals surface area contributed by atoms with Crippen LogP contribution >= 0.6 is 0 Å². The first kappa shape index (κ1) is 6.67. The zero-order valence-corrected chi connectivity index (χ0v) is 6.08. The maximum Gasteiger partial charge on any atom is 0.217 e. The molecular formula is C7H10N2O2. The summed E-state index contributed by atoms with van der Waals surface area (Å²) in [6.07, 6.45) is 3.78. The van der Waals surface area contributed by atoms with Crippen LogP contribution in [0.2, 0.25) is 0 Å². The minimum atomic E-state index is -0.795. The van der Waals surface area contributed by atoms with E-state index in [1.165, 1.54) is 6.39 Å². The highest BCUT2D eigenvalue weighted by Gasteiger charge is 2.40. The maximum atomic E-state index is 9.75. The molecule has 2 rings (SSSR count). The molecular weight excluding hydrogens is 144 g/mol. The van der Waals surface area contributed by atoms with Gasteiger partial charge >= 0.3 is 0 Å². The normalized spacial score (nSPS) is 21.2. The smallest absolute Gasteiger partial charge is 0.217 e. The Bertz CT molecular complexity index is 265. The summed E-state index contributed by atoms with van der Waals surface area (Å²) >= 11 is 0. The van der Waals surface area contributed by atoms with Crippen LogP contribution in [0.25, 0.3) is 0 Å². The second kappa shape index (κ2) is 1.98. The molecule has 1 aliphatic rings. The molecule has 1 fully saturated rings. The molecule has 3 N–H and O–H groups in total. The summed E-state index contributed by atoms with van der Waals surface area (Å²) < 4.78 is 4.79. The molecule has 0 unspecified atom stereocenters. The lowest BCUT2D eigenvalue weighted by Crippen LogP contribution is -2.34. The van der Waals surface area contributed by atoms with Gasteiger partial charge in [-0.15, -0.1) is 0 Å². The number of aromatic nitrogens is 1. The highest BCUT2D eigenvalue weighted by molar-refractivity contribution is 5.35. The van der Waals surface area contributed by atoms with E-state index in [1.54, 1.807) is 0 Å². The molecule has 0 amide bonds. The summed E-state index contributed by atoms with van der Waals surface area (Å²) in [5.74, 6) is 0.243. The molecule has 0 aromatic carbocycles. The molecule has 0 bridgehead atoms. The molecule has 1 saturated carbocycles. The van der Waals surface area contributed by atoms with Gasteiger partial charge in [0.25, 0.3) is 0 Å². The molecule has 1 aliphatic carbocycles. The van der Waals surface area contributed by atoms with E-state index < -0.39 is 5.60 Å². The standard InChI is InChI=1S/C7H10N2O2/c8-6-5(9-4-11-6)7(10)2-1-3-7/h4,10H,1-3,8H2. The number of hydrogen-bond donors (Lipinski definition) is 2. The summed E-state index contributed by atoms with van der Waals surface area (Å²) in [6.45, 7) is 0. The average Bonchev–Trinajstić information content (AvgIpc) is 2.30. The van der Waals surface area contributed by atoms with Crippen LogP contribution in [-0.4, -0.2) is 10.1 Å². The summed E-state index contributed by atoms with van der Waals surface area (Å²) in [4.78, 5) is 3.87. The van der Waals surface area contributed by atoms with Crippen molar-refractivity contribution in [3.05, 3.63) is 12.1 Å². The first-order valence-corrected chi connectivity index (χ1v) is 3.64. The molecule has 4 nitrogen and oxygen atoms in total. The van der Waals surface area contributed by atoms with Crippen LogP contribution in [0.3, 0.4) is 0 Å². The quantitative estimate of drug-likeness (QED) is 0.622. The third kappa shape index (κ3) is 0.826. The van der Waals surface area contributed by atoms with E-state index in [1.807, 2.05) is 0 Å². The molecule has 1 heterocycles. The Kier molecular flexibility index (Phi) is 1.20. The number of aliphatic hydroxyl groups is 1. The van der Waals surface area contributed by atoms with Crippen molar-refractivity contribution in [3.63, 3.8) is 0 Å². The van der Waals surface area contributed by atoms with Crippen LogP contribution in [0.15, 0.2) is 10.8 Å². The van der Waals surface area contributed by atoms with Gasteiger partial charge in [0.15, 0.2) is 6.39 Å². The van der Waals surface area contributed by atoms with Gasteiger partial charge in [0.05, 0.1) is 0 Å². The van der Waals surface area contributed by atoms with E-state index in [2.05, 4.69) is 4.98 Å². The molecule has 0 spiro atoms. The van der Waals surface area contributed by atoms with Crippen molar-refractivity contribution < 1.29 is 9.52 Å². The Morgan fingerprint density at radius 3 is 2.73 bits per heavy atom. The largest absolute Gasteiger partial charge is 0.428 e. The number of nitrogen functional groups attached to an aromatic ring is 1. The Balaban J connectivity index is 2.35. The van der Waals surface area contributed by atoms with Crippen LogP contribution < -0.4 is 5.73 Å². The number of hydrogen-bond acceptors (Lipinski definition) is 4. The third-order valence-electron chi connectivity index (χ3n) is 2.22. The second-order valence-electron chi connectivity index (χ2n) is 2.95. The van der Waals surface area contributed by atoms with Crippen LogP contribution in [0.4, 0.5) is 5.88 Å². The maximum absolute atomic E-state index is 9.75. The molecule has 1 aromatic rings. The SMILES string of the molecule is Nc1ocnc1C1(O)CCC1. The van der Waals surface area contributed by atoms with Gasteiger partial charge in [-0.05, 0) is 19.3 Å². The monoisotopic (exact) mass is 154 g/mol. The second-order valence-corrected chi connectivity index (χ2v) is 2.95. The predicted octanol–water partition coefficient (Wildman–Crippen LogP) is 0.628. The van der Waals surface area contributed by atoms with Gasteiger partial charge in [-0.2, -0.15) is 0 Å². The molecule has 0 aliphatic heterocycles. The third-order valence-corrected chi connectivity index (χ3v) is 2.22.